The molecule has 3 nitrogen and oxygen atoms in total. The summed E-state index contributed by atoms with van der Waals surface area (Å²) in [6, 6.07) is 6.18. The zero-order chi connectivity index (χ0) is 14.0. The molecule has 2 rings (SSSR count). The summed E-state index contributed by atoms with van der Waals surface area (Å²) in [5, 5.41) is 0. The van der Waals surface area contributed by atoms with Gasteiger partial charge >= 0.3 is 12.1 Å². The highest BCUT2D eigenvalue weighted by molar-refractivity contribution is 5.82. The van der Waals surface area contributed by atoms with E-state index in [4.69, 9.17) is 5.73 Å². The normalized spacial score (nSPS) is 20.4. The molecule has 1 fully saturated rings. The maximum atomic E-state index is 12.6. The molecule has 1 aliphatic rings. The molecule has 1 heterocycles. The number of hydrogen-bond acceptors (Lipinski definition) is 2. The molecule has 0 spiro atoms. The number of rotatable bonds is 1. The van der Waals surface area contributed by atoms with Crippen LogP contribution < -0.4 is 5.73 Å². The van der Waals surface area contributed by atoms with Crippen LogP contribution in [0, 0.1) is 0 Å². The maximum absolute atomic E-state index is 12.6. The highest BCUT2D eigenvalue weighted by Crippen LogP contribution is 2.36. The van der Waals surface area contributed by atoms with Gasteiger partial charge in [0.25, 0.3) is 0 Å². The minimum Gasteiger partial charge on any atom is -0.398 e. The van der Waals surface area contributed by atoms with E-state index < -0.39 is 18.1 Å². The van der Waals surface area contributed by atoms with Gasteiger partial charge in [-0.2, -0.15) is 13.2 Å². The predicted octanol–water partition coefficient (Wildman–Crippen LogP) is 2.88. The second-order valence-electron chi connectivity index (χ2n) is 4.64. The van der Waals surface area contributed by atoms with Crippen LogP contribution in [-0.4, -0.2) is 23.5 Å². The molecule has 0 bridgehead atoms. The molecule has 19 heavy (non-hydrogen) atoms. The SMILES string of the molecule is Nc1ccccc1C1CCCCN1C(=O)C(F)(F)F. The summed E-state index contributed by atoms with van der Waals surface area (Å²) in [6.07, 6.45) is -2.94. The minimum atomic E-state index is -4.83. The fourth-order valence-corrected chi connectivity index (χ4v) is 2.48. The van der Waals surface area contributed by atoms with Crippen molar-refractivity contribution in [2.45, 2.75) is 31.5 Å². The standard InChI is InChI=1S/C13H15F3N2O/c14-13(15,16)12(19)18-8-4-3-7-11(18)9-5-1-2-6-10(9)17/h1-2,5-6,11H,3-4,7-8,17H2. The summed E-state index contributed by atoms with van der Waals surface area (Å²) in [6.45, 7) is 0.122. The van der Waals surface area contributed by atoms with Gasteiger partial charge in [0, 0.05) is 12.2 Å². The van der Waals surface area contributed by atoms with Gasteiger partial charge in [-0.15, -0.1) is 0 Å². The molecule has 0 saturated carbocycles. The van der Waals surface area contributed by atoms with Gasteiger partial charge < -0.3 is 10.6 Å². The number of alkyl halides is 3. The smallest absolute Gasteiger partial charge is 0.398 e. The zero-order valence-electron chi connectivity index (χ0n) is 10.3. The molecule has 6 heteroatoms. The number of carbonyl (C=O) groups is 1. The third-order valence-corrected chi connectivity index (χ3v) is 3.36. The number of benzene rings is 1. The van der Waals surface area contributed by atoms with Crippen molar-refractivity contribution >= 4 is 11.6 Å². The first kappa shape index (κ1) is 13.7. The molecule has 0 radical (unpaired) electrons. The maximum Gasteiger partial charge on any atom is 0.471 e. The lowest BCUT2D eigenvalue weighted by molar-refractivity contribution is -0.189. The molecule has 1 atom stereocenters. The van der Waals surface area contributed by atoms with E-state index in [0.717, 1.165) is 11.3 Å². The van der Waals surface area contributed by atoms with Crippen LogP contribution in [0.25, 0.3) is 0 Å². The summed E-state index contributed by atoms with van der Waals surface area (Å²) in [7, 11) is 0. The highest BCUT2D eigenvalue weighted by atomic mass is 19.4. The summed E-state index contributed by atoms with van der Waals surface area (Å²) in [5.41, 5.74) is 6.83. The number of hydrogen-bond donors (Lipinski definition) is 1. The molecule has 1 aliphatic heterocycles. The van der Waals surface area contributed by atoms with Gasteiger partial charge in [-0.25, -0.2) is 0 Å². The Balaban J connectivity index is 2.32. The summed E-state index contributed by atoms with van der Waals surface area (Å²) >= 11 is 0. The molecule has 1 unspecified atom stereocenters. The van der Waals surface area contributed by atoms with E-state index in [9.17, 15) is 18.0 Å². The minimum absolute atomic E-state index is 0.122. The van der Waals surface area contributed by atoms with Crippen LogP contribution in [0.1, 0.15) is 30.9 Å². The van der Waals surface area contributed by atoms with Gasteiger partial charge in [-0.3, -0.25) is 4.79 Å². The van der Waals surface area contributed by atoms with E-state index >= 15 is 0 Å². The van der Waals surface area contributed by atoms with Crippen molar-refractivity contribution in [1.29, 1.82) is 0 Å². The van der Waals surface area contributed by atoms with E-state index in [-0.39, 0.29) is 6.54 Å². The number of nitrogen functional groups attached to an aromatic ring is 1. The molecule has 1 amide bonds. The third-order valence-electron chi connectivity index (χ3n) is 3.36. The van der Waals surface area contributed by atoms with E-state index in [2.05, 4.69) is 0 Å². The number of anilines is 1. The first-order valence-electron chi connectivity index (χ1n) is 6.13. The number of nitrogens with two attached hydrogens (primary N) is 1. The Hall–Kier alpha value is -1.72. The summed E-state index contributed by atoms with van der Waals surface area (Å²) < 4.78 is 37.8. The van der Waals surface area contributed by atoms with Crippen LogP contribution >= 0.6 is 0 Å². The molecule has 1 aromatic rings. The fraction of sp³-hybridized carbons (Fsp3) is 0.462. The molecule has 0 aromatic heterocycles. The number of para-hydroxylation sites is 1. The Morgan fingerprint density at radius 2 is 1.95 bits per heavy atom. The van der Waals surface area contributed by atoms with Crippen LogP contribution in [0.2, 0.25) is 0 Å². The van der Waals surface area contributed by atoms with Gasteiger partial charge in [-0.1, -0.05) is 18.2 Å². The second-order valence-corrected chi connectivity index (χ2v) is 4.64. The Labute approximate surface area is 109 Å². The Morgan fingerprint density at radius 1 is 1.26 bits per heavy atom. The first-order valence-corrected chi connectivity index (χ1v) is 6.13. The molecule has 0 aliphatic carbocycles. The van der Waals surface area contributed by atoms with Crippen LogP contribution in [0.5, 0.6) is 0 Å². The van der Waals surface area contributed by atoms with Crippen molar-refractivity contribution in [2.24, 2.45) is 0 Å². The summed E-state index contributed by atoms with van der Waals surface area (Å²) in [4.78, 5) is 12.4. The number of halogens is 3. The van der Waals surface area contributed by atoms with Crippen molar-refractivity contribution in [3.63, 3.8) is 0 Å². The Bertz CT molecular complexity index is 473. The lowest BCUT2D eigenvalue weighted by Crippen LogP contribution is -2.45. The quantitative estimate of drug-likeness (QED) is 0.799. The lowest BCUT2D eigenvalue weighted by Gasteiger charge is -2.36. The van der Waals surface area contributed by atoms with E-state index in [1.807, 2.05) is 0 Å². The van der Waals surface area contributed by atoms with Crippen LogP contribution in [0.3, 0.4) is 0 Å². The van der Waals surface area contributed by atoms with Crippen molar-refractivity contribution < 1.29 is 18.0 Å². The van der Waals surface area contributed by atoms with Crippen LogP contribution in [0.15, 0.2) is 24.3 Å². The number of piperidine rings is 1. The average molecular weight is 272 g/mol. The molecule has 1 saturated heterocycles. The van der Waals surface area contributed by atoms with Crippen LogP contribution in [-0.2, 0) is 4.79 Å². The Morgan fingerprint density at radius 3 is 2.58 bits per heavy atom. The lowest BCUT2D eigenvalue weighted by atomic mass is 9.94. The van der Waals surface area contributed by atoms with Gasteiger partial charge in [0.1, 0.15) is 0 Å². The van der Waals surface area contributed by atoms with Gasteiger partial charge in [0.2, 0.25) is 0 Å². The van der Waals surface area contributed by atoms with Gasteiger partial charge in [0.05, 0.1) is 6.04 Å². The number of carbonyl (C=O) groups excluding carboxylic acids is 1. The van der Waals surface area contributed by atoms with Crippen molar-refractivity contribution in [3.8, 4) is 0 Å². The van der Waals surface area contributed by atoms with Crippen molar-refractivity contribution in [2.75, 3.05) is 12.3 Å². The van der Waals surface area contributed by atoms with Gasteiger partial charge in [-0.05, 0) is 30.9 Å². The number of amides is 1. The average Bonchev–Trinajstić information content (AvgIpc) is 2.37. The molecule has 2 N–H and O–H groups in total. The van der Waals surface area contributed by atoms with E-state index in [1.165, 1.54) is 0 Å². The van der Waals surface area contributed by atoms with Crippen LogP contribution in [0.4, 0.5) is 18.9 Å². The van der Waals surface area contributed by atoms with E-state index in [1.54, 1.807) is 24.3 Å². The summed E-state index contributed by atoms with van der Waals surface area (Å²) in [5.74, 6) is -1.78. The monoisotopic (exact) mass is 272 g/mol. The topological polar surface area (TPSA) is 46.3 Å². The molecular weight excluding hydrogens is 257 g/mol. The fourth-order valence-electron chi connectivity index (χ4n) is 2.48. The largest absolute Gasteiger partial charge is 0.471 e. The molecule has 104 valence electrons. The second kappa shape index (κ2) is 5.11. The van der Waals surface area contributed by atoms with Crippen molar-refractivity contribution in [3.05, 3.63) is 29.8 Å². The van der Waals surface area contributed by atoms with Gasteiger partial charge in [0.15, 0.2) is 0 Å². The first-order chi connectivity index (χ1) is 8.91. The zero-order valence-corrected chi connectivity index (χ0v) is 10.3. The van der Waals surface area contributed by atoms with Crippen molar-refractivity contribution in [1.82, 2.24) is 4.90 Å². The number of nitrogens with zero attached hydrogens (tertiary/aromatic N) is 1. The molecule has 1 aromatic carbocycles. The predicted molar refractivity (Wildman–Crippen MR) is 65.2 cm³/mol. The number of likely N-dealkylation sites (tertiary alicyclic amines) is 1. The highest BCUT2D eigenvalue weighted by Gasteiger charge is 2.45. The third kappa shape index (κ3) is 2.83. The Kier molecular flexibility index (Phi) is 3.68. The molecular formula is C13H15F3N2O. The van der Waals surface area contributed by atoms with E-state index in [0.29, 0.717) is 24.1 Å².